The van der Waals surface area contributed by atoms with Crippen LogP contribution in [0.1, 0.15) is 5.56 Å². The molecule has 0 radical (unpaired) electrons. The Morgan fingerprint density at radius 1 is 1.50 bits per heavy atom. The van der Waals surface area contributed by atoms with Crippen LogP contribution in [0.15, 0.2) is 23.2 Å². The molecule has 0 unspecified atom stereocenters. The summed E-state index contributed by atoms with van der Waals surface area (Å²) in [6.45, 7) is 2.96. The molecule has 0 amide bonds. The maximum Gasteiger partial charge on any atom is 0.161 e. The second-order valence-corrected chi connectivity index (χ2v) is 4.64. The van der Waals surface area contributed by atoms with Crippen molar-refractivity contribution in [2.75, 3.05) is 17.6 Å². The Hall–Kier alpha value is -0.670. The Bertz CT molecular complexity index is 376. The van der Waals surface area contributed by atoms with E-state index in [-0.39, 0.29) is 0 Å². The van der Waals surface area contributed by atoms with Gasteiger partial charge in [-0.1, -0.05) is 29.4 Å². The van der Waals surface area contributed by atoms with Gasteiger partial charge in [-0.25, -0.2) is 0 Å². The van der Waals surface area contributed by atoms with Crippen molar-refractivity contribution in [3.05, 3.63) is 28.8 Å². The summed E-state index contributed by atoms with van der Waals surface area (Å²) in [5, 5.41) is 5.03. The SMILES string of the molecule is Cc1ccc(Cl)cc1NC1=NCCS1. The van der Waals surface area contributed by atoms with Crippen LogP contribution in [0.5, 0.6) is 0 Å². The predicted octanol–water partition coefficient (Wildman–Crippen LogP) is 3.16. The van der Waals surface area contributed by atoms with Gasteiger partial charge in [0.2, 0.25) is 0 Å². The first-order valence-electron chi connectivity index (χ1n) is 4.46. The van der Waals surface area contributed by atoms with Gasteiger partial charge in [-0.15, -0.1) is 0 Å². The third-order valence-electron chi connectivity index (χ3n) is 2.03. The average molecular weight is 227 g/mol. The van der Waals surface area contributed by atoms with Crippen LogP contribution in [0.4, 0.5) is 5.69 Å². The Labute approximate surface area is 92.8 Å². The van der Waals surface area contributed by atoms with E-state index in [1.807, 2.05) is 18.2 Å². The first-order valence-corrected chi connectivity index (χ1v) is 5.82. The van der Waals surface area contributed by atoms with Crippen molar-refractivity contribution in [2.45, 2.75) is 6.92 Å². The van der Waals surface area contributed by atoms with Crippen LogP contribution in [0.25, 0.3) is 0 Å². The molecule has 0 fully saturated rings. The standard InChI is InChI=1S/C10H11ClN2S/c1-7-2-3-8(11)6-9(7)13-10-12-4-5-14-10/h2-3,6H,4-5H2,1H3,(H,12,13). The third kappa shape index (κ3) is 2.22. The molecule has 2 rings (SSSR count). The van der Waals surface area contributed by atoms with E-state index in [0.717, 1.165) is 28.2 Å². The molecule has 14 heavy (non-hydrogen) atoms. The minimum atomic E-state index is 0.752. The van der Waals surface area contributed by atoms with E-state index < -0.39 is 0 Å². The number of halogens is 1. The summed E-state index contributed by atoms with van der Waals surface area (Å²) < 4.78 is 0. The molecule has 1 aromatic carbocycles. The van der Waals surface area contributed by atoms with Crippen molar-refractivity contribution >= 4 is 34.2 Å². The van der Waals surface area contributed by atoms with Crippen molar-refractivity contribution in [1.29, 1.82) is 0 Å². The molecule has 0 saturated carbocycles. The van der Waals surface area contributed by atoms with Crippen molar-refractivity contribution < 1.29 is 0 Å². The van der Waals surface area contributed by atoms with Gasteiger partial charge in [-0.2, -0.15) is 0 Å². The molecule has 2 nitrogen and oxygen atoms in total. The number of anilines is 1. The molecule has 74 valence electrons. The smallest absolute Gasteiger partial charge is 0.161 e. The Kier molecular flexibility index (Phi) is 2.99. The van der Waals surface area contributed by atoms with E-state index >= 15 is 0 Å². The second kappa shape index (κ2) is 4.24. The first kappa shape index (κ1) is 9.87. The molecule has 1 aromatic rings. The number of aryl methyl sites for hydroxylation is 1. The second-order valence-electron chi connectivity index (χ2n) is 3.12. The monoisotopic (exact) mass is 226 g/mol. The molecule has 1 heterocycles. The first-order chi connectivity index (χ1) is 6.75. The van der Waals surface area contributed by atoms with Gasteiger partial charge in [-0.3, -0.25) is 4.99 Å². The van der Waals surface area contributed by atoms with Crippen LogP contribution in [0, 0.1) is 6.92 Å². The van der Waals surface area contributed by atoms with E-state index in [4.69, 9.17) is 11.6 Å². The molecule has 0 aromatic heterocycles. The van der Waals surface area contributed by atoms with Crippen LogP contribution in [-0.2, 0) is 0 Å². The van der Waals surface area contributed by atoms with Crippen molar-refractivity contribution in [2.24, 2.45) is 4.99 Å². The van der Waals surface area contributed by atoms with Gasteiger partial charge in [-0.05, 0) is 24.6 Å². The summed E-state index contributed by atoms with van der Waals surface area (Å²) in [6.07, 6.45) is 0. The molecule has 1 aliphatic rings. The number of rotatable bonds is 1. The van der Waals surface area contributed by atoms with Crippen molar-refractivity contribution in [1.82, 2.24) is 0 Å². The summed E-state index contributed by atoms with van der Waals surface area (Å²) in [5.74, 6) is 1.07. The number of nitrogens with zero attached hydrogens (tertiary/aromatic N) is 1. The minimum Gasteiger partial charge on any atom is -0.335 e. The lowest BCUT2D eigenvalue weighted by Gasteiger charge is -2.08. The van der Waals surface area contributed by atoms with Crippen molar-refractivity contribution in [3.8, 4) is 0 Å². The maximum atomic E-state index is 5.92. The van der Waals surface area contributed by atoms with Gasteiger partial charge in [0.05, 0.1) is 6.54 Å². The predicted molar refractivity (Wildman–Crippen MR) is 64.6 cm³/mol. The van der Waals surface area contributed by atoms with Gasteiger partial charge in [0.15, 0.2) is 5.17 Å². The van der Waals surface area contributed by atoms with E-state index in [0.29, 0.717) is 0 Å². The van der Waals surface area contributed by atoms with Crippen LogP contribution in [-0.4, -0.2) is 17.5 Å². The number of nitrogens with one attached hydrogen (secondary N) is 1. The van der Waals surface area contributed by atoms with Gasteiger partial charge in [0, 0.05) is 16.5 Å². The van der Waals surface area contributed by atoms with Crippen LogP contribution in [0.3, 0.4) is 0 Å². The van der Waals surface area contributed by atoms with E-state index in [1.165, 1.54) is 5.56 Å². The zero-order chi connectivity index (χ0) is 9.97. The number of thioether (sulfide) groups is 1. The molecular weight excluding hydrogens is 216 g/mol. The lowest BCUT2D eigenvalue weighted by atomic mass is 10.2. The molecular formula is C10H11ClN2S. The summed E-state index contributed by atoms with van der Waals surface area (Å²) in [6, 6.07) is 5.83. The highest BCUT2D eigenvalue weighted by molar-refractivity contribution is 8.14. The fourth-order valence-corrected chi connectivity index (χ4v) is 2.17. The quantitative estimate of drug-likeness (QED) is 0.796. The lowest BCUT2D eigenvalue weighted by Crippen LogP contribution is -2.06. The molecule has 4 heteroatoms. The molecule has 0 aliphatic carbocycles. The summed E-state index contributed by atoms with van der Waals surface area (Å²) >= 11 is 7.66. The summed E-state index contributed by atoms with van der Waals surface area (Å²) in [7, 11) is 0. The summed E-state index contributed by atoms with van der Waals surface area (Å²) in [5.41, 5.74) is 2.23. The van der Waals surface area contributed by atoms with Gasteiger partial charge in [0.1, 0.15) is 0 Å². The summed E-state index contributed by atoms with van der Waals surface area (Å²) in [4.78, 5) is 4.33. The average Bonchev–Trinajstić information content (AvgIpc) is 2.64. The van der Waals surface area contributed by atoms with Gasteiger partial charge < -0.3 is 5.32 Å². The number of hydrogen-bond donors (Lipinski definition) is 1. The molecule has 0 atom stereocenters. The number of hydrogen-bond acceptors (Lipinski definition) is 3. The minimum absolute atomic E-state index is 0.752. The number of amidine groups is 1. The number of aliphatic imine (C=N–C) groups is 1. The largest absolute Gasteiger partial charge is 0.335 e. The molecule has 0 bridgehead atoms. The normalized spacial score (nSPS) is 15.4. The fraction of sp³-hybridized carbons (Fsp3) is 0.300. The third-order valence-corrected chi connectivity index (χ3v) is 3.15. The van der Waals surface area contributed by atoms with Crippen LogP contribution >= 0.6 is 23.4 Å². The molecule has 1 aliphatic heterocycles. The van der Waals surface area contributed by atoms with E-state index in [2.05, 4.69) is 17.2 Å². The molecule has 1 N–H and O–H groups in total. The van der Waals surface area contributed by atoms with Gasteiger partial charge >= 0.3 is 0 Å². The highest BCUT2D eigenvalue weighted by Crippen LogP contribution is 2.22. The van der Waals surface area contributed by atoms with Crippen LogP contribution < -0.4 is 5.32 Å². The Balaban J connectivity index is 2.19. The fourth-order valence-electron chi connectivity index (χ4n) is 1.25. The molecule has 0 spiro atoms. The Morgan fingerprint density at radius 2 is 2.36 bits per heavy atom. The zero-order valence-electron chi connectivity index (χ0n) is 7.88. The highest BCUT2D eigenvalue weighted by atomic mass is 35.5. The van der Waals surface area contributed by atoms with E-state index in [1.54, 1.807) is 11.8 Å². The number of benzene rings is 1. The highest BCUT2D eigenvalue weighted by Gasteiger charge is 2.08. The zero-order valence-corrected chi connectivity index (χ0v) is 9.45. The maximum absolute atomic E-state index is 5.92. The molecule has 0 saturated heterocycles. The topological polar surface area (TPSA) is 24.4 Å². The lowest BCUT2D eigenvalue weighted by molar-refractivity contribution is 1.17. The van der Waals surface area contributed by atoms with E-state index in [9.17, 15) is 0 Å². The van der Waals surface area contributed by atoms with Crippen molar-refractivity contribution in [3.63, 3.8) is 0 Å². The van der Waals surface area contributed by atoms with Gasteiger partial charge in [0.25, 0.3) is 0 Å². The Morgan fingerprint density at radius 3 is 3.07 bits per heavy atom. The van der Waals surface area contributed by atoms with Crippen LogP contribution in [0.2, 0.25) is 5.02 Å².